The molecule has 5 nitrogen and oxygen atoms in total. The van der Waals surface area contributed by atoms with Gasteiger partial charge in [-0.15, -0.1) is 0 Å². The maximum Gasteiger partial charge on any atom is 0.260 e. The van der Waals surface area contributed by atoms with Crippen molar-refractivity contribution in [3.8, 4) is 0 Å². The van der Waals surface area contributed by atoms with Crippen LogP contribution in [0.5, 0.6) is 0 Å². The van der Waals surface area contributed by atoms with Crippen LogP contribution in [0.15, 0.2) is 82.5 Å². The standard InChI is InChI=1S/C21H20N4O/c1-15-17(14-24(22-15)18-9-5-3-6-10-18)13-20-16(2)23-25(21(20)26)19-11-7-4-8-12-19/h3-13,20H,14H2,1-2H3/b17-13-. The van der Waals surface area contributed by atoms with Gasteiger partial charge in [0.1, 0.15) is 0 Å². The van der Waals surface area contributed by atoms with E-state index in [1.807, 2.05) is 85.6 Å². The lowest BCUT2D eigenvalue weighted by Gasteiger charge is -2.14. The third-order valence-corrected chi connectivity index (χ3v) is 4.66. The summed E-state index contributed by atoms with van der Waals surface area (Å²) >= 11 is 0. The van der Waals surface area contributed by atoms with Crippen molar-refractivity contribution in [2.45, 2.75) is 13.8 Å². The Kier molecular flexibility index (Phi) is 4.13. The Balaban J connectivity index is 1.57. The first-order chi connectivity index (χ1) is 12.6. The molecule has 1 atom stereocenters. The highest BCUT2D eigenvalue weighted by molar-refractivity contribution is 6.17. The van der Waals surface area contributed by atoms with Gasteiger partial charge in [-0.05, 0) is 43.7 Å². The van der Waals surface area contributed by atoms with Gasteiger partial charge in [0.25, 0.3) is 5.91 Å². The van der Waals surface area contributed by atoms with E-state index in [0.717, 1.165) is 28.4 Å². The number of anilines is 2. The van der Waals surface area contributed by atoms with Crippen LogP contribution in [0.25, 0.3) is 0 Å². The topological polar surface area (TPSA) is 48.3 Å². The summed E-state index contributed by atoms with van der Waals surface area (Å²) in [4.78, 5) is 12.9. The Morgan fingerprint density at radius 3 is 2.19 bits per heavy atom. The van der Waals surface area contributed by atoms with E-state index in [0.29, 0.717) is 6.54 Å². The van der Waals surface area contributed by atoms with E-state index in [9.17, 15) is 4.79 Å². The molecule has 0 N–H and O–H groups in total. The maximum atomic E-state index is 12.9. The molecule has 0 radical (unpaired) electrons. The summed E-state index contributed by atoms with van der Waals surface area (Å²) in [5.41, 5.74) is 4.64. The summed E-state index contributed by atoms with van der Waals surface area (Å²) in [6.07, 6.45) is 2.01. The van der Waals surface area contributed by atoms with E-state index in [-0.39, 0.29) is 11.8 Å². The number of hydrogen-bond donors (Lipinski definition) is 0. The highest BCUT2D eigenvalue weighted by Crippen LogP contribution is 2.27. The molecular weight excluding hydrogens is 324 g/mol. The van der Waals surface area contributed by atoms with Crippen molar-refractivity contribution in [1.82, 2.24) is 0 Å². The number of nitrogens with zero attached hydrogens (tertiary/aromatic N) is 4. The lowest BCUT2D eigenvalue weighted by Crippen LogP contribution is -2.26. The molecule has 2 aliphatic heterocycles. The van der Waals surface area contributed by atoms with Crippen molar-refractivity contribution < 1.29 is 4.79 Å². The first-order valence-electron chi connectivity index (χ1n) is 8.66. The number of para-hydroxylation sites is 2. The average molecular weight is 344 g/mol. The third kappa shape index (κ3) is 2.92. The number of hydrogen-bond acceptors (Lipinski definition) is 4. The zero-order valence-corrected chi connectivity index (χ0v) is 14.8. The van der Waals surface area contributed by atoms with Crippen molar-refractivity contribution in [2.75, 3.05) is 16.6 Å². The molecule has 1 unspecified atom stereocenters. The number of benzene rings is 2. The first kappa shape index (κ1) is 16.3. The average Bonchev–Trinajstić information content (AvgIpc) is 3.18. The minimum Gasteiger partial charge on any atom is -0.271 e. The number of hydrazone groups is 2. The molecule has 0 saturated heterocycles. The summed E-state index contributed by atoms with van der Waals surface area (Å²) in [6.45, 7) is 4.55. The van der Waals surface area contributed by atoms with Gasteiger partial charge < -0.3 is 0 Å². The molecule has 2 aromatic carbocycles. The summed E-state index contributed by atoms with van der Waals surface area (Å²) in [7, 11) is 0. The zero-order chi connectivity index (χ0) is 18.1. The zero-order valence-electron chi connectivity index (χ0n) is 14.8. The molecular formula is C21H20N4O. The molecule has 2 heterocycles. The minimum atomic E-state index is -0.342. The molecule has 0 saturated carbocycles. The highest BCUT2D eigenvalue weighted by atomic mass is 16.2. The number of amides is 1. The normalized spacial score (nSPS) is 21.4. The van der Waals surface area contributed by atoms with Crippen LogP contribution in [-0.2, 0) is 4.79 Å². The van der Waals surface area contributed by atoms with E-state index in [1.165, 1.54) is 5.01 Å². The fraction of sp³-hybridized carbons (Fsp3) is 0.190. The van der Waals surface area contributed by atoms with Gasteiger partial charge in [-0.25, -0.2) is 0 Å². The Labute approximate surface area is 152 Å². The number of rotatable bonds is 3. The van der Waals surface area contributed by atoms with Crippen LogP contribution in [0.4, 0.5) is 11.4 Å². The van der Waals surface area contributed by atoms with Crippen LogP contribution < -0.4 is 10.0 Å². The monoisotopic (exact) mass is 344 g/mol. The molecule has 0 aliphatic carbocycles. The number of carbonyl (C=O) groups excluding carboxylic acids is 1. The molecule has 0 bridgehead atoms. The van der Waals surface area contributed by atoms with Gasteiger partial charge in [0.05, 0.1) is 35.3 Å². The van der Waals surface area contributed by atoms with E-state index < -0.39 is 0 Å². The second kappa shape index (κ2) is 6.59. The molecule has 0 fully saturated rings. The predicted octanol–water partition coefficient (Wildman–Crippen LogP) is 3.85. The maximum absolute atomic E-state index is 12.9. The van der Waals surface area contributed by atoms with Crippen molar-refractivity contribution in [2.24, 2.45) is 16.1 Å². The summed E-state index contributed by atoms with van der Waals surface area (Å²) in [6, 6.07) is 19.6. The Morgan fingerprint density at radius 2 is 1.54 bits per heavy atom. The van der Waals surface area contributed by atoms with Gasteiger partial charge in [-0.1, -0.05) is 42.5 Å². The van der Waals surface area contributed by atoms with E-state index >= 15 is 0 Å². The van der Waals surface area contributed by atoms with Gasteiger partial charge in [0.15, 0.2) is 0 Å². The highest BCUT2D eigenvalue weighted by Gasteiger charge is 2.34. The van der Waals surface area contributed by atoms with E-state index in [4.69, 9.17) is 0 Å². The van der Waals surface area contributed by atoms with Crippen LogP contribution in [0.1, 0.15) is 13.8 Å². The lowest BCUT2D eigenvalue weighted by atomic mass is 9.99. The molecule has 0 aromatic heterocycles. The molecule has 4 rings (SSSR count). The summed E-state index contributed by atoms with van der Waals surface area (Å²) in [5, 5.41) is 12.5. The van der Waals surface area contributed by atoms with Gasteiger partial charge in [0.2, 0.25) is 0 Å². The van der Waals surface area contributed by atoms with Gasteiger partial charge in [-0.3, -0.25) is 9.80 Å². The van der Waals surface area contributed by atoms with Crippen LogP contribution in [-0.4, -0.2) is 23.9 Å². The molecule has 130 valence electrons. The second-order valence-electron chi connectivity index (χ2n) is 6.48. The predicted molar refractivity (Wildman–Crippen MR) is 106 cm³/mol. The molecule has 0 spiro atoms. The smallest absolute Gasteiger partial charge is 0.260 e. The summed E-state index contributed by atoms with van der Waals surface area (Å²) < 4.78 is 0. The van der Waals surface area contributed by atoms with Crippen molar-refractivity contribution in [1.29, 1.82) is 0 Å². The lowest BCUT2D eigenvalue weighted by molar-refractivity contribution is -0.118. The minimum absolute atomic E-state index is 0.0211. The van der Waals surface area contributed by atoms with Crippen LogP contribution >= 0.6 is 0 Å². The largest absolute Gasteiger partial charge is 0.271 e. The molecule has 2 aromatic rings. The molecule has 5 heteroatoms. The third-order valence-electron chi connectivity index (χ3n) is 4.66. The molecule has 1 amide bonds. The van der Waals surface area contributed by atoms with Crippen LogP contribution in [0.2, 0.25) is 0 Å². The van der Waals surface area contributed by atoms with Crippen molar-refractivity contribution >= 4 is 28.7 Å². The van der Waals surface area contributed by atoms with E-state index in [2.05, 4.69) is 10.2 Å². The number of carbonyl (C=O) groups is 1. The Morgan fingerprint density at radius 1 is 0.923 bits per heavy atom. The van der Waals surface area contributed by atoms with Crippen LogP contribution in [0.3, 0.4) is 0 Å². The SMILES string of the molecule is CC1=NN(c2ccccc2)C/C1=C/C1C(=O)N(c2ccccc2)N=C1C. The van der Waals surface area contributed by atoms with Crippen LogP contribution in [0, 0.1) is 5.92 Å². The molecule has 2 aliphatic rings. The van der Waals surface area contributed by atoms with Gasteiger partial charge >= 0.3 is 0 Å². The van der Waals surface area contributed by atoms with Gasteiger partial charge in [-0.2, -0.15) is 15.2 Å². The second-order valence-corrected chi connectivity index (χ2v) is 6.48. The van der Waals surface area contributed by atoms with Crippen molar-refractivity contribution in [3.63, 3.8) is 0 Å². The van der Waals surface area contributed by atoms with Crippen molar-refractivity contribution in [3.05, 3.63) is 72.3 Å². The summed E-state index contributed by atoms with van der Waals surface area (Å²) in [5.74, 6) is -0.363. The quantitative estimate of drug-likeness (QED) is 0.849. The Hall–Kier alpha value is -3.21. The first-order valence-corrected chi connectivity index (χ1v) is 8.66. The fourth-order valence-electron chi connectivity index (χ4n) is 3.21. The van der Waals surface area contributed by atoms with Gasteiger partial charge in [0, 0.05) is 0 Å². The van der Waals surface area contributed by atoms with E-state index in [1.54, 1.807) is 0 Å². The Bertz CT molecular complexity index is 916. The molecule has 26 heavy (non-hydrogen) atoms. The fourth-order valence-corrected chi connectivity index (χ4v) is 3.21.